The molecule has 0 aliphatic carbocycles. The molecule has 1 aromatic carbocycles. The number of fused-ring (bicyclic) bond motifs is 1. The average Bonchev–Trinajstić information content (AvgIpc) is 2.86. The Labute approximate surface area is 108 Å². The Morgan fingerprint density at radius 2 is 2.29 bits per heavy atom. The van der Waals surface area contributed by atoms with Gasteiger partial charge in [-0.3, -0.25) is 0 Å². The minimum atomic E-state index is 0.00819. The summed E-state index contributed by atoms with van der Waals surface area (Å²) in [4.78, 5) is 4.27. The topological polar surface area (TPSA) is 48.1 Å². The van der Waals surface area contributed by atoms with Crippen molar-refractivity contribution < 1.29 is 4.74 Å². The van der Waals surface area contributed by atoms with Crippen LogP contribution >= 0.6 is 23.1 Å². The maximum atomic E-state index is 6.28. The summed E-state index contributed by atoms with van der Waals surface area (Å²) in [6.45, 7) is 0.641. The Morgan fingerprint density at radius 1 is 1.41 bits per heavy atom. The van der Waals surface area contributed by atoms with Crippen molar-refractivity contribution >= 4 is 23.1 Å². The van der Waals surface area contributed by atoms with Gasteiger partial charge in [-0.15, -0.1) is 11.3 Å². The molecule has 0 radical (unpaired) electrons. The minimum absolute atomic E-state index is 0.00819. The lowest BCUT2D eigenvalue weighted by Gasteiger charge is -2.30. The fourth-order valence-corrected chi connectivity index (χ4v) is 3.80. The van der Waals surface area contributed by atoms with Gasteiger partial charge in [0.15, 0.2) is 0 Å². The van der Waals surface area contributed by atoms with Crippen molar-refractivity contribution in [2.45, 2.75) is 15.6 Å². The fourth-order valence-electron chi connectivity index (χ4n) is 1.87. The molecular weight excluding hydrogens is 252 g/mol. The number of ether oxygens (including phenoxy) is 1. The number of hydrogen-bond acceptors (Lipinski definition) is 5. The van der Waals surface area contributed by atoms with Gasteiger partial charge in [0.05, 0.1) is 5.25 Å². The molecule has 1 aromatic heterocycles. The van der Waals surface area contributed by atoms with Crippen LogP contribution in [-0.4, -0.2) is 16.8 Å². The van der Waals surface area contributed by atoms with Gasteiger partial charge < -0.3 is 10.5 Å². The van der Waals surface area contributed by atoms with Crippen molar-refractivity contribution in [3.63, 3.8) is 0 Å². The van der Waals surface area contributed by atoms with E-state index in [1.54, 1.807) is 23.1 Å². The third kappa shape index (κ3) is 2.18. The van der Waals surface area contributed by atoms with Gasteiger partial charge in [0, 0.05) is 23.2 Å². The van der Waals surface area contributed by atoms with E-state index in [-0.39, 0.29) is 11.3 Å². The number of nitrogens with zero attached hydrogens (tertiary/aromatic N) is 1. The van der Waals surface area contributed by atoms with E-state index in [2.05, 4.69) is 4.98 Å². The summed E-state index contributed by atoms with van der Waals surface area (Å²) >= 11 is 3.34. The lowest BCUT2D eigenvalue weighted by Crippen LogP contribution is -2.33. The third-order valence-electron chi connectivity index (χ3n) is 2.74. The maximum absolute atomic E-state index is 6.28. The molecule has 0 fully saturated rings. The second-order valence-electron chi connectivity index (χ2n) is 3.83. The zero-order chi connectivity index (χ0) is 11.7. The highest BCUT2D eigenvalue weighted by Crippen LogP contribution is 2.38. The third-order valence-corrected chi connectivity index (χ3v) is 4.92. The monoisotopic (exact) mass is 264 g/mol. The van der Waals surface area contributed by atoms with Gasteiger partial charge in [-0.05, 0) is 6.07 Å². The number of thioether (sulfide) groups is 1. The van der Waals surface area contributed by atoms with Crippen LogP contribution in [0.4, 0.5) is 0 Å². The molecule has 3 rings (SSSR count). The van der Waals surface area contributed by atoms with Gasteiger partial charge in [-0.25, -0.2) is 4.98 Å². The number of nitrogens with two attached hydrogens (primary N) is 1. The van der Waals surface area contributed by atoms with E-state index in [1.165, 1.54) is 0 Å². The first kappa shape index (κ1) is 11.1. The number of benzene rings is 1. The molecule has 88 valence electrons. The summed E-state index contributed by atoms with van der Waals surface area (Å²) in [6, 6.07) is 7.99. The first-order chi connectivity index (χ1) is 8.34. The van der Waals surface area contributed by atoms with Gasteiger partial charge in [0.25, 0.3) is 0 Å². The Kier molecular flexibility index (Phi) is 3.05. The predicted octanol–water partition coefficient (Wildman–Crippen LogP) is 2.70. The number of para-hydroxylation sites is 1. The SMILES string of the molecule is NC1c2ccccc2OCC1Sc1nccs1. The summed E-state index contributed by atoms with van der Waals surface area (Å²) in [7, 11) is 0. The lowest BCUT2D eigenvalue weighted by molar-refractivity contribution is 0.276. The van der Waals surface area contributed by atoms with Crippen LogP contribution in [-0.2, 0) is 0 Å². The molecule has 5 heteroatoms. The van der Waals surface area contributed by atoms with E-state index in [9.17, 15) is 0 Å². The molecule has 1 aliphatic heterocycles. The highest BCUT2D eigenvalue weighted by Gasteiger charge is 2.29. The van der Waals surface area contributed by atoms with Gasteiger partial charge in [0.1, 0.15) is 16.7 Å². The zero-order valence-corrected chi connectivity index (χ0v) is 10.7. The van der Waals surface area contributed by atoms with E-state index in [0.29, 0.717) is 6.61 Å². The summed E-state index contributed by atoms with van der Waals surface area (Å²) in [6.07, 6.45) is 1.82. The molecule has 3 nitrogen and oxygen atoms in total. The normalized spacial score (nSPS) is 22.9. The van der Waals surface area contributed by atoms with E-state index in [1.807, 2.05) is 35.8 Å². The van der Waals surface area contributed by atoms with Crippen molar-refractivity contribution in [3.05, 3.63) is 41.4 Å². The van der Waals surface area contributed by atoms with Crippen LogP contribution in [0.25, 0.3) is 0 Å². The predicted molar refractivity (Wildman–Crippen MR) is 70.6 cm³/mol. The highest BCUT2D eigenvalue weighted by atomic mass is 32.2. The minimum Gasteiger partial charge on any atom is -0.492 e. The second kappa shape index (κ2) is 4.68. The smallest absolute Gasteiger partial charge is 0.150 e. The zero-order valence-electron chi connectivity index (χ0n) is 9.08. The van der Waals surface area contributed by atoms with Gasteiger partial charge in [-0.1, -0.05) is 30.0 Å². The molecule has 0 amide bonds. The number of hydrogen-bond donors (Lipinski definition) is 1. The second-order valence-corrected chi connectivity index (χ2v) is 6.21. The van der Waals surface area contributed by atoms with E-state index < -0.39 is 0 Å². The molecule has 2 unspecified atom stereocenters. The Hall–Kier alpha value is -1.04. The molecule has 0 saturated heterocycles. The van der Waals surface area contributed by atoms with Crippen LogP contribution in [0.2, 0.25) is 0 Å². The van der Waals surface area contributed by atoms with Gasteiger partial charge >= 0.3 is 0 Å². The molecular formula is C12H12N2OS2. The lowest BCUT2D eigenvalue weighted by atomic mass is 10.0. The molecule has 2 heterocycles. The summed E-state index contributed by atoms with van der Waals surface area (Å²) < 4.78 is 6.78. The van der Waals surface area contributed by atoms with Crippen LogP contribution in [0.3, 0.4) is 0 Å². The molecule has 0 spiro atoms. The van der Waals surface area contributed by atoms with Crippen LogP contribution < -0.4 is 10.5 Å². The first-order valence-electron chi connectivity index (χ1n) is 5.38. The summed E-state index contributed by atoms with van der Waals surface area (Å²) in [5.41, 5.74) is 7.37. The molecule has 17 heavy (non-hydrogen) atoms. The van der Waals surface area contributed by atoms with Crippen molar-refractivity contribution in [1.29, 1.82) is 0 Å². The quantitative estimate of drug-likeness (QED) is 0.906. The van der Waals surface area contributed by atoms with Crippen molar-refractivity contribution in [1.82, 2.24) is 4.98 Å². The molecule has 2 atom stereocenters. The first-order valence-corrected chi connectivity index (χ1v) is 7.14. The van der Waals surface area contributed by atoms with Crippen LogP contribution in [0.1, 0.15) is 11.6 Å². The summed E-state index contributed by atoms with van der Waals surface area (Å²) in [5, 5.41) is 2.21. The van der Waals surface area contributed by atoms with Crippen LogP contribution in [0.5, 0.6) is 5.75 Å². The van der Waals surface area contributed by atoms with E-state index in [4.69, 9.17) is 10.5 Å². The molecule has 2 aromatic rings. The number of thiazole rings is 1. The standard InChI is InChI=1S/C12H12N2OS2/c13-11-8-3-1-2-4-9(8)15-7-10(11)17-12-14-5-6-16-12/h1-6,10-11H,7,13H2. The Bertz CT molecular complexity index is 501. The van der Waals surface area contributed by atoms with Crippen molar-refractivity contribution in [3.8, 4) is 5.75 Å². The van der Waals surface area contributed by atoms with E-state index in [0.717, 1.165) is 15.7 Å². The Morgan fingerprint density at radius 3 is 3.12 bits per heavy atom. The fraction of sp³-hybridized carbons (Fsp3) is 0.250. The molecule has 0 bridgehead atoms. The van der Waals surface area contributed by atoms with Crippen LogP contribution in [0.15, 0.2) is 40.2 Å². The molecule has 1 aliphatic rings. The number of aromatic nitrogens is 1. The molecule has 0 saturated carbocycles. The average molecular weight is 264 g/mol. The van der Waals surface area contributed by atoms with Gasteiger partial charge in [-0.2, -0.15) is 0 Å². The van der Waals surface area contributed by atoms with Crippen molar-refractivity contribution in [2.75, 3.05) is 6.61 Å². The molecule has 2 N–H and O–H groups in total. The van der Waals surface area contributed by atoms with E-state index >= 15 is 0 Å². The summed E-state index contributed by atoms with van der Waals surface area (Å²) in [5.74, 6) is 0.913. The largest absolute Gasteiger partial charge is 0.492 e. The van der Waals surface area contributed by atoms with Crippen LogP contribution in [0, 0.1) is 0 Å². The van der Waals surface area contributed by atoms with Crippen molar-refractivity contribution in [2.24, 2.45) is 5.73 Å². The maximum Gasteiger partial charge on any atom is 0.150 e. The number of rotatable bonds is 2. The Balaban J connectivity index is 1.82. The van der Waals surface area contributed by atoms with Gasteiger partial charge in [0.2, 0.25) is 0 Å². The highest BCUT2D eigenvalue weighted by molar-refractivity contribution is 8.01.